The summed E-state index contributed by atoms with van der Waals surface area (Å²) in [6, 6.07) is -6.45. The van der Waals surface area contributed by atoms with Gasteiger partial charge >= 0.3 is 11.9 Å². The lowest BCUT2D eigenvalue weighted by atomic mass is 9.96. The van der Waals surface area contributed by atoms with Crippen LogP contribution >= 0.6 is 0 Å². The number of aromatic nitrogens is 2. The number of nitrogens with two attached hydrogens (primary N) is 2. The summed E-state index contributed by atoms with van der Waals surface area (Å²) < 4.78 is 0. The van der Waals surface area contributed by atoms with Crippen LogP contribution in [0.5, 0.6) is 0 Å². The average Bonchev–Trinajstić information content (AvgIpc) is 3.44. The largest absolute Gasteiger partial charge is 0.481 e. The summed E-state index contributed by atoms with van der Waals surface area (Å²) in [6.07, 6.45) is 1.97. The number of hydrogen-bond donors (Lipinski definition) is 9. The predicted molar refractivity (Wildman–Crippen MR) is 155 cm³/mol. The predicted octanol–water partition coefficient (Wildman–Crippen LogP) is -1.86. The minimum atomic E-state index is -1.50. The molecule has 1 rings (SSSR count). The van der Waals surface area contributed by atoms with Gasteiger partial charge in [0.05, 0.1) is 18.8 Å². The molecule has 246 valence electrons. The number of hydrogen-bond acceptors (Lipinski definition) is 9. The molecule has 17 nitrogen and oxygen atoms in total. The molecule has 1 aromatic heterocycles. The van der Waals surface area contributed by atoms with Crippen LogP contribution in [0.25, 0.3) is 0 Å². The van der Waals surface area contributed by atoms with Crippen molar-refractivity contribution in [2.24, 2.45) is 23.3 Å². The number of aliphatic carboxylic acids is 2. The summed E-state index contributed by atoms with van der Waals surface area (Å²) in [5.41, 5.74) is 11.3. The van der Waals surface area contributed by atoms with E-state index in [4.69, 9.17) is 16.6 Å². The Balaban J connectivity index is 3.19. The standard InChI is InChI=1S/C27H44N8O9/c1-5-14(4)22(26(42)32-17(27(43)44)6-7-21(37)38)35-25(41)18(8-13(2)3)34-24(40)19(9-15-11-30-12-31-15)33-23(39)16(28)10-20(29)36/h11-14,16-19,22H,5-10,28H2,1-4H3,(H2,29,36)(H,30,31)(H,32,42)(H,33,39)(H,34,40)(H,35,41)(H,37,38)(H,43,44)/t14-,16-,17-,18-,19-,22-/m0/s1. The van der Waals surface area contributed by atoms with Gasteiger partial charge in [-0.05, 0) is 24.7 Å². The molecule has 0 spiro atoms. The number of primary amides is 1. The maximum Gasteiger partial charge on any atom is 0.326 e. The summed E-state index contributed by atoms with van der Waals surface area (Å²) >= 11 is 0. The molecular formula is C27H44N8O9. The lowest BCUT2D eigenvalue weighted by Crippen LogP contribution is -2.60. The quantitative estimate of drug-likeness (QED) is 0.0774. The van der Waals surface area contributed by atoms with E-state index in [1.54, 1.807) is 27.7 Å². The third kappa shape index (κ3) is 13.2. The lowest BCUT2D eigenvalue weighted by Gasteiger charge is -2.29. The van der Waals surface area contributed by atoms with Crippen molar-refractivity contribution in [3.8, 4) is 0 Å². The number of imidazole rings is 1. The van der Waals surface area contributed by atoms with Gasteiger partial charge in [0.2, 0.25) is 29.5 Å². The fourth-order valence-electron chi connectivity index (χ4n) is 4.13. The van der Waals surface area contributed by atoms with Gasteiger partial charge in [0.25, 0.3) is 0 Å². The minimum absolute atomic E-state index is 0.0678. The summed E-state index contributed by atoms with van der Waals surface area (Å²) in [4.78, 5) is 93.1. The number of H-pyrrole nitrogens is 1. The third-order valence-corrected chi connectivity index (χ3v) is 6.76. The van der Waals surface area contributed by atoms with E-state index < -0.39 is 90.4 Å². The van der Waals surface area contributed by atoms with Crippen LogP contribution in [0.1, 0.15) is 65.5 Å². The first-order valence-electron chi connectivity index (χ1n) is 14.2. The molecule has 0 saturated carbocycles. The van der Waals surface area contributed by atoms with E-state index in [9.17, 15) is 38.7 Å². The zero-order valence-corrected chi connectivity index (χ0v) is 25.3. The highest BCUT2D eigenvalue weighted by Crippen LogP contribution is 2.12. The topological polar surface area (TPSA) is 289 Å². The Morgan fingerprint density at radius 3 is 1.98 bits per heavy atom. The van der Waals surface area contributed by atoms with Crippen LogP contribution in [-0.2, 0) is 40.0 Å². The number of carbonyl (C=O) groups excluding carboxylic acids is 5. The smallest absolute Gasteiger partial charge is 0.326 e. The maximum atomic E-state index is 13.5. The monoisotopic (exact) mass is 624 g/mol. The molecule has 5 amide bonds. The Morgan fingerprint density at radius 1 is 0.886 bits per heavy atom. The van der Waals surface area contributed by atoms with E-state index in [1.165, 1.54) is 12.5 Å². The molecule has 6 atom stereocenters. The zero-order chi connectivity index (χ0) is 33.6. The fraction of sp³-hybridized carbons (Fsp3) is 0.630. The molecule has 0 aliphatic heterocycles. The Kier molecular flexibility index (Phi) is 15.5. The number of carboxylic acid groups (broad SMARTS) is 2. The van der Waals surface area contributed by atoms with Crippen LogP contribution in [0.15, 0.2) is 12.5 Å². The molecule has 0 aliphatic rings. The minimum Gasteiger partial charge on any atom is -0.481 e. The van der Waals surface area contributed by atoms with Gasteiger partial charge in [0.1, 0.15) is 24.2 Å². The van der Waals surface area contributed by atoms with Gasteiger partial charge < -0.3 is 47.9 Å². The summed E-state index contributed by atoms with van der Waals surface area (Å²) in [7, 11) is 0. The molecule has 0 aliphatic carbocycles. The number of carbonyl (C=O) groups is 7. The molecule has 0 unspecified atom stereocenters. The van der Waals surface area contributed by atoms with Crippen molar-refractivity contribution in [3.05, 3.63) is 18.2 Å². The van der Waals surface area contributed by atoms with Crippen LogP contribution in [0.3, 0.4) is 0 Å². The van der Waals surface area contributed by atoms with E-state index in [2.05, 4.69) is 31.2 Å². The highest BCUT2D eigenvalue weighted by molar-refractivity contribution is 5.96. The normalized spacial score (nSPS) is 15.1. The Morgan fingerprint density at radius 2 is 1.48 bits per heavy atom. The zero-order valence-electron chi connectivity index (χ0n) is 25.3. The van der Waals surface area contributed by atoms with E-state index >= 15 is 0 Å². The van der Waals surface area contributed by atoms with Gasteiger partial charge in [-0.25, -0.2) is 9.78 Å². The number of amides is 5. The molecule has 0 aromatic carbocycles. The number of rotatable bonds is 20. The molecule has 11 N–H and O–H groups in total. The first kappa shape index (κ1) is 37.5. The van der Waals surface area contributed by atoms with E-state index in [0.29, 0.717) is 12.1 Å². The van der Waals surface area contributed by atoms with Crippen molar-refractivity contribution in [2.45, 2.75) is 96.4 Å². The van der Waals surface area contributed by atoms with Crippen LogP contribution in [0.2, 0.25) is 0 Å². The van der Waals surface area contributed by atoms with Crippen molar-refractivity contribution in [2.75, 3.05) is 0 Å². The number of nitrogens with zero attached hydrogens (tertiary/aromatic N) is 1. The van der Waals surface area contributed by atoms with Gasteiger partial charge in [0.15, 0.2) is 0 Å². The van der Waals surface area contributed by atoms with Crippen LogP contribution in [0, 0.1) is 11.8 Å². The first-order chi connectivity index (χ1) is 20.5. The van der Waals surface area contributed by atoms with Crippen molar-refractivity contribution < 1.29 is 43.8 Å². The van der Waals surface area contributed by atoms with Crippen LogP contribution < -0.4 is 32.7 Å². The van der Waals surface area contributed by atoms with Crippen molar-refractivity contribution in [1.29, 1.82) is 0 Å². The van der Waals surface area contributed by atoms with Gasteiger partial charge in [-0.3, -0.25) is 28.8 Å². The lowest BCUT2D eigenvalue weighted by molar-refractivity contribution is -0.143. The molecule has 0 radical (unpaired) electrons. The third-order valence-electron chi connectivity index (χ3n) is 6.76. The number of aromatic amines is 1. The second-order valence-electron chi connectivity index (χ2n) is 11.0. The summed E-state index contributed by atoms with van der Waals surface area (Å²) in [5, 5.41) is 28.3. The molecule has 44 heavy (non-hydrogen) atoms. The maximum absolute atomic E-state index is 13.5. The van der Waals surface area contributed by atoms with Gasteiger partial charge in [0, 0.05) is 24.7 Å². The van der Waals surface area contributed by atoms with Crippen molar-refractivity contribution in [3.63, 3.8) is 0 Å². The molecule has 0 bridgehead atoms. The molecular weight excluding hydrogens is 580 g/mol. The second kappa shape index (κ2) is 18.2. The Hall–Kier alpha value is -4.54. The first-order valence-corrected chi connectivity index (χ1v) is 14.2. The molecule has 0 saturated heterocycles. The van der Waals surface area contributed by atoms with Crippen LogP contribution in [-0.4, -0.2) is 91.9 Å². The second-order valence-corrected chi connectivity index (χ2v) is 11.0. The van der Waals surface area contributed by atoms with Gasteiger partial charge in [-0.2, -0.15) is 0 Å². The van der Waals surface area contributed by atoms with Crippen molar-refractivity contribution in [1.82, 2.24) is 31.2 Å². The highest BCUT2D eigenvalue weighted by atomic mass is 16.4. The Labute approximate surface area is 254 Å². The SMILES string of the molecule is CC[C@H](C)[C@H](NC(=O)[C@H](CC(C)C)NC(=O)[C@H](Cc1cnc[nH]1)NC(=O)[C@@H](N)CC(N)=O)C(=O)N[C@@H](CCC(=O)O)C(=O)O. The van der Waals surface area contributed by atoms with Gasteiger partial charge in [-0.1, -0.05) is 34.1 Å². The highest BCUT2D eigenvalue weighted by Gasteiger charge is 2.34. The summed E-state index contributed by atoms with van der Waals surface area (Å²) in [6.45, 7) is 7.03. The number of nitrogens with one attached hydrogen (secondary N) is 5. The molecule has 1 aromatic rings. The van der Waals surface area contributed by atoms with Crippen LogP contribution in [0.4, 0.5) is 0 Å². The van der Waals surface area contributed by atoms with E-state index in [0.717, 1.165) is 0 Å². The average molecular weight is 625 g/mol. The fourth-order valence-corrected chi connectivity index (χ4v) is 4.13. The van der Waals surface area contributed by atoms with Gasteiger partial charge in [-0.15, -0.1) is 0 Å². The number of carboxylic acids is 2. The Bertz CT molecular complexity index is 1160. The van der Waals surface area contributed by atoms with E-state index in [-0.39, 0.29) is 25.2 Å². The summed E-state index contributed by atoms with van der Waals surface area (Å²) in [5.74, 6) is -7.20. The molecule has 1 heterocycles. The van der Waals surface area contributed by atoms with E-state index in [1.807, 2.05) is 0 Å². The molecule has 17 heteroatoms. The van der Waals surface area contributed by atoms with Crippen molar-refractivity contribution >= 4 is 41.5 Å². The molecule has 0 fully saturated rings.